The highest BCUT2D eigenvalue weighted by molar-refractivity contribution is 6.90. The van der Waals surface area contributed by atoms with Gasteiger partial charge in [0, 0.05) is 5.57 Å². The van der Waals surface area contributed by atoms with Gasteiger partial charge in [-0.25, -0.2) is 4.79 Å². The maximum Gasteiger partial charge on any atom is 0.335 e. The molecule has 0 fully saturated rings. The van der Waals surface area contributed by atoms with Crippen molar-refractivity contribution in [3.8, 4) is 0 Å². The van der Waals surface area contributed by atoms with Crippen molar-refractivity contribution in [2.45, 2.75) is 64.3 Å². The number of carbonyl (C=O) groups is 1. The number of esters is 1. The van der Waals surface area contributed by atoms with Gasteiger partial charge < -0.3 is 18.1 Å². The molecule has 1 atom stereocenters. The highest BCUT2D eigenvalue weighted by Crippen LogP contribution is 2.33. The van der Waals surface area contributed by atoms with Crippen molar-refractivity contribution in [1.82, 2.24) is 0 Å². The first kappa shape index (κ1) is 22.0. The zero-order valence-corrected chi connectivity index (χ0v) is 19.9. The predicted molar refractivity (Wildman–Crippen MR) is 101 cm³/mol. The molecule has 0 amide bonds. The molecule has 0 aromatic rings. The Labute approximate surface area is 140 Å². The lowest BCUT2D eigenvalue weighted by molar-refractivity contribution is -0.160. The highest BCUT2D eigenvalue weighted by atomic mass is 28.4. The van der Waals surface area contributed by atoms with Gasteiger partial charge in [-0.1, -0.05) is 6.58 Å². The van der Waals surface area contributed by atoms with Crippen LogP contribution in [0.3, 0.4) is 0 Å². The van der Waals surface area contributed by atoms with E-state index in [1.165, 1.54) is 0 Å². The van der Waals surface area contributed by atoms with Crippen molar-refractivity contribution < 1.29 is 22.9 Å². The van der Waals surface area contributed by atoms with Gasteiger partial charge in [0.1, 0.15) is 0 Å². The monoisotopic (exact) mass is 380 g/mol. The Bertz CT molecular complexity index is 425. The molecule has 0 bridgehead atoms. The van der Waals surface area contributed by atoms with Crippen molar-refractivity contribution in [1.29, 1.82) is 0 Å². The molecule has 0 aromatic heterocycles. The number of hydrogen-bond acceptors (Lipinski definition) is 5. The topological polar surface area (TPSA) is 65.0 Å². The summed E-state index contributed by atoms with van der Waals surface area (Å²) in [5, 5.41) is -1.27. The van der Waals surface area contributed by atoms with Gasteiger partial charge in [0.2, 0.25) is 14.8 Å². The van der Waals surface area contributed by atoms with Crippen LogP contribution in [0.4, 0.5) is 0 Å². The van der Waals surface area contributed by atoms with Gasteiger partial charge in [0.25, 0.3) is 8.32 Å². The molecule has 130 valence electrons. The Morgan fingerprint density at radius 3 is 1.77 bits per heavy atom. The molecular weight excluding hydrogens is 348 g/mol. The molecule has 0 radical (unpaired) electrons. The summed E-state index contributed by atoms with van der Waals surface area (Å²) < 4.78 is 18.3. The van der Waals surface area contributed by atoms with E-state index in [1.807, 2.05) is 32.7 Å². The maximum absolute atomic E-state index is 12.1. The first-order valence-electron chi connectivity index (χ1n) is 7.45. The molecule has 22 heavy (non-hydrogen) atoms. The third-order valence-corrected chi connectivity index (χ3v) is 14.5. The molecule has 0 aliphatic heterocycles. The summed E-state index contributed by atoms with van der Waals surface area (Å²) >= 11 is 0. The van der Waals surface area contributed by atoms with Crippen LogP contribution in [0.15, 0.2) is 12.2 Å². The molecule has 0 spiro atoms. The smallest absolute Gasteiger partial charge is 0.335 e. The molecule has 0 saturated heterocycles. The Balaban J connectivity index is 5.83. The third-order valence-electron chi connectivity index (χ3n) is 2.76. The molecule has 1 N–H and O–H groups in total. The summed E-state index contributed by atoms with van der Waals surface area (Å²) in [7, 11) is -8.39. The summed E-state index contributed by atoms with van der Waals surface area (Å²) in [6.45, 7) is 21.4. The molecule has 0 rings (SSSR count). The van der Waals surface area contributed by atoms with E-state index in [0.717, 1.165) is 0 Å². The zero-order valence-electron chi connectivity index (χ0n) is 15.5. The standard InChI is InChI=1S/C13H32O5Si4/c1-11(2)12(14)16-13(19-15,17-20(3,4)5)22(9,10)18-21(6,7)8/h15H,1,19H2,2-10H3. The summed E-state index contributed by atoms with van der Waals surface area (Å²) in [5.74, 6) is -0.528. The van der Waals surface area contributed by atoms with E-state index >= 15 is 0 Å². The maximum atomic E-state index is 12.1. The van der Waals surface area contributed by atoms with Crippen molar-refractivity contribution >= 4 is 40.7 Å². The third kappa shape index (κ3) is 6.60. The summed E-state index contributed by atoms with van der Waals surface area (Å²) in [6, 6.07) is 0. The number of hydrogen-bond donors (Lipinski definition) is 1. The van der Waals surface area contributed by atoms with Gasteiger partial charge in [-0.05, 0) is 59.3 Å². The predicted octanol–water partition coefficient (Wildman–Crippen LogP) is 2.28. The lowest BCUT2D eigenvalue weighted by Gasteiger charge is -2.47. The van der Waals surface area contributed by atoms with E-state index in [0.29, 0.717) is 5.57 Å². The number of ether oxygens (including phenoxy) is 1. The van der Waals surface area contributed by atoms with Crippen molar-refractivity contribution in [2.75, 3.05) is 0 Å². The second kappa shape index (κ2) is 7.24. The molecule has 9 heteroatoms. The van der Waals surface area contributed by atoms with E-state index in [9.17, 15) is 9.59 Å². The van der Waals surface area contributed by atoms with Crippen LogP contribution in [0.2, 0.25) is 52.4 Å². The average Bonchev–Trinajstić information content (AvgIpc) is 2.22. The van der Waals surface area contributed by atoms with Crippen molar-refractivity contribution in [3.05, 3.63) is 12.2 Å². The lowest BCUT2D eigenvalue weighted by Crippen LogP contribution is -2.69. The van der Waals surface area contributed by atoms with Crippen LogP contribution < -0.4 is 0 Å². The zero-order chi connectivity index (χ0) is 18.0. The lowest BCUT2D eigenvalue weighted by atomic mass is 10.4. The molecular formula is C13H32O5Si4. The largest absolute Gasteiger partial charge is 0.452 e. The van der Waals surface area contributed by atoms with Gasteiger partial charge in [-0.15, -0.1) is 0 Å². The molecule has 0 heterocycles. The fourth-order valence-electron chi connectivity index (χ4n) is 2.10. The van der Waals surface area contributed by atoms with E-state index in [-0.39, 0.29) is 0 Å². The molecule has 5 nitrogen and oxygen atoms in total. The van der Waals surface area contributed by atoms with Crippen molar-refractivity contribution in [2.24, 2.45) is 0 Å². The number of carbonyl (C=O) groups excluding carboxylic acids is 1. The van der Waals surface area contributed by atoms with E-state index in [1.54, 1.807) is 6.92 Å². The van der Waals surface area contributed by atoms with Crippen LogP contribution >= 0.6 is 0 Å². The van der Waals surface area contributed by atoms with Gasteiger partial charge >= 0.3 is 5.97 Å². The fraction of sp³-hybridized carbons (Fsp3) is 0.769. The van der Waals surface area contributed by atoms with Crippen LogP contribution in [-0.2, 0) is 18.1 Å². The van der Waals surface area contributed by atoms with Gasteiger partial charge in [-0.3, -0.25) is 0 Å². The molecule has 0 aromatic carbocycles. The highest BCUT2D eigenvalue weighted by Gasteiger charge is 2.56. The summed E-state index contributed by atoms with van der Waals surface area (Å²) in [5.41, 5.74) is 0.295. The average molecular weight is 381 g/mol. The molecule has 0 aliphatic rings. The first-order valence-corrected chi connectivity index (χ1v) is 18.5. The second-order valence-electron chi connectivity index (χ2n) is 8.02. The van der Waals surface area contributed by atoms with Crippen LogP contribution in [0.1, 0.15) is 6.92 Å². The molecule has 0 saturated carbocycles. The Morgan fingerprint density at radius 1 is 1.05 bits per heavy atom. The van der Waals surface area contributed by atoms with E-state index in [4.69, 9.17) is 13.3 Å². The van der Waals surface area contributed by atoms with Gasteiger partial charge in [0.05, 0.1) is 0 Å². The Kier molecular flexibility index (Phi) is 7.23. The fourth-order valence-corrected chi connectivity index (χ4v) is 16.0. The van der Waals surface area contributed by atoms with E-state index in [2.05, 4.69) is 26.2 Å². The second-order valence-corrected chi connectivity index (χ2v) is 23.2. The molecule has 1 unspecified atom stereocenters. The summed E-state index contributed by atoms with van der Waals surface area (Å²) in [6.07, 6.45) is 0. The van der Waals surface area contributed by atoms with Crippen LogP contribution in [0.5, 0.6) is 0 Å². The van der Waals surface area contributed by atoms with Crippen LogP contribution in [0, 0.1) is 0 Å². The number of rotatable bonds is 8. The minimum Gasteiger partial charge on any atom is -0.452 e. The van der Waals surface area contributed by atoms with Crippen molar-refractivity contribution in [3.63, 3.8) is 0 Å². The minimum absolute atomic E-state index is 0.295. The van der Waals surface area contributed by atoms with Crippen LogP contribution in [-0.4, -0.2) is 50.5 Å². The van der Waals surface area contributed by atoms with Crippen LogP contribution in [0.25, 0.3) is 0 Å². The van der Waals surface area contributed by atoms with E-state index < -0.39 is 45.7 Å². The Hall–Kier alpha value is -0.0425. The molecule has 0 aliphatic carbocycles. The summed E-state index contributed by atoms with van der Waals surface area (Å²) in [4.78, 5) is 22.3. The first-order chi connectivity index (χ1) is 9.55. The van der Waals surface area contributed by atoms with Gasteiger partial charge in [-0.2, -0.15) is 0 Å². The van der Waals surface area contributed by atoms with Gasteiger partial charge in [0.15, 0.2) is 16.6 Å². The minimum atomic E-state index is -2.64. The normalized spacial score (nSPS) is 16.6. The quantitative estimate of drug-likeness (QED) is 0.303. The SMILES string of the molecule is C=C(C)C(=O)OC(O[Si](C)(C)C)([SiH2]O)[Si](C)(C)O[Si](C)(C)C. The Morgan fingerprint density at radius 2 is 1.50 bits per heavy atom.